The van der Waals surface area contributed by atoms with Crippen LogP contribution in [0.2, 0.25) is 0 Å². The largest absolute Gasteiger partial charge is 0.339 e. The number of carbonyl (C=O) groups is 1. The Balaban J connectivity index is 1.26. The molecule has 0 unspecified atom stereocenters. The van der Waals surface area contributed by atoms with Crippen LogP contribution in [-0.2, 0) is 11.3 Å². The monoisotopic (exact) mass is 483 g/mol. The van der Waals surface area contributed by atoms with Crippen molar-refractivity contribution in [1.29, 1.82) is 0 Å². The third kappa shape index (κ3) is 5.47. The summed E-state index contributed by atoms with van der Waals surface area (Å²) >= 11 is 1.46. The normalized spacial score (nSPS) is 14.3. The van der Waals surface area contributed by atoms with E-state index in [-0.39, 0.29) is 5.91 Å². The Morgan fingerprint density at radius 2 is 1.49 bits per heavy atom. The van der Waals surface area contributed by atoms with E-state index in [0.717, 1.165) is 60.5 Å². The van der Waals surface area contributed by atoms with Gasteiger partial charge in [0.05, 0.1) is 11.4 Å². The average molecular weight is 484 g/mol. The molecule has 35 heavy (non-hydrogen) atoms. The van der Waals surface area contributed by atoms with Crippen LogP contribution in [0.1, 0.15) is 11.1 Å². The van der Waals surface area contributed by atoms with Crippen LogP contribution < -0.4 is 0 Å². The van der Waals surface area contributed by atoms with Crippen molar-refractivity contribution in [3.63, 3.8) is 0 Å². The molecule has 6 nitrogen and oxygen atoms in total. The van der Waals surface area contributed by atoms with Gasteiger partial charge in [0.1, 0.15) is 0 Å². The van der Waals surface area contributed by atoms with Gasteiger partial charge in [0.2, 0.25) is 5.91 Å². The highest BCUT2D eigenvalue weighted by Crippen LogP contribution is 2.29. The highest BCUT2D eigenvalue weighted by Gasteiger charge is 2.23. The first-order chi connectivity index (χ1) is 17.2. The molecule has 3 aromatic carbocycles. The van der Waals surface area contributed by atoms with Gasteiger partial charge in [-0.15, -0.1) is 10.2 Å². The van der Waals surface area contributed by atoms with Gasteiger partial charge in [-0.3, -0.25) is 14.3 Å². The van der Waals surface area contributed by atoms with Crippen molar-refractivity contribution in [2.45, 2.75) is 18.6 Å². The number of aromatic nitrogens is 3. The van der Waals surface area contributed by atoms with Gasteiger partial charge in [-0.05, 0) is 24.1 Å². The van der Waals surface area contributed by atoms with E-state index in [1.807, 2.05) is 53.4 Å². The molecular formula is C28H29N5OS. The molecule has 1 aromatic heterocycles. The van der Waals surface area contributed by atoms with Crippen LogP contribution in [0, 0.1) is 6.92 Å². The van der Waals surface area contributed by atoms with E-state index in [9.17, 15) is 4.79 Å². The third-order valence-corrected chi connectivity index (χ3v) is 7.23. The minimum atomic E-state index is 0.148. The summed E-state index contributed by atoms with van der Waals surface area (Å²) in [6.45, 7) is 6.31. The number of aryl methyl sites for hydroxylation is 1. The molecule has 1 aliphatic heterocycles. The van der Waals surface area contributed by atoms with Gasteiger partial charge >= 0.3 is 0 Å². The summed E-state index contributed by atoms with van der Waals surface area (Å²) in [6, 6.07) is 28.8. The van der Waals surface area contributed by atoms with Crippen LogP contribution in [-0.4, -0.2) is 62.4 Å². The summed E-state index contributed by atoms with van der Waals surface area (Å²) in [6.07, 6.45) is 0. The fourth-order valence-corrected chi connectivity index (χ4v) is 5.23. The Morgan fingerprint density at radius 1 is 0.829 bits per heavy atom. The van der Waals surface area contributed by atoms with Crippen LogP contribution in [0.3, 0.4) is 0 Å². The van der Waals surface area contributed by atoms with E-state index in [2.05, 4.69) is 63.0 Å². The van der Waals surface area contributed by atoms with E-state index in [0.29, 0.717) is 5.75 Å². The van der Waals surface area contributed by atoms with E-state index in [4.69, 9.17) is 0 Å². The lowest BCUT2D eigenvalue weighted by Gasteiger charge is -2.34. The van der Waals surface area contributed by atoms with Crippen LogP contribution in [0.5, 0.6) is 0 Å². The molecule has 5 rings (SSSR count). The first-order valence-electron chi connectivity index (χ1n) is 11.9. The van der Waals surface area contributed by atoms with E-state index < -0.39 is 0 Å². The molecule has 0 radical (unpaired) electrons. The summed E-state index contributed by atoms with van der Waals surface area (Å²) < 4.78 is 2.07. The second-order valence-corrected chi connectivity index (χ2v) is 9.67. The molecule has 1 aliphatic rings. The molecule has 0 aliphatic carbocycles. The highest BCUT2D eigenvalue weighted by atomic mass is 32.2. The van der Waals surface area contributed by atoms with Crippen molar-refractivity contribution in [2.24, 2.45) is 0 Å². The minimum Gasteiger partial charge on any atom is -0.339 e. The molecule has 0 N–H and O–H groups in total. The predicted molar refractivity (Wildman–Crippen MR) is 141 cm³/mol. The molecule has 0 bridgehead atoms. The maximum atomic E-state index is 13.1. The molecule has 178 valence electrons. The summed E-state index contributed by atoms with van der Waals surface area (Å²) in [5.74, 6) is 1.27. The van der Waals surface area contributed by atoms with Crippen molar-refractivity contribution in [2.75, 3.05) is 31.9 Å². The zero-order chi connectivity index (χ0) is 24.0. The summed E-state index contributed by atoms with van der Waals surface area (Å²) in [5, 5.41) is 9.72. The number of nitrogens with zero attached hydrogens (tertiary/aromatic N) is 5. The summed E-state index contributed by atoms with van der Waals surface area (Å²) in [5.41, 5.74) is 4.47. The maximum Gasteiger partial charge on any atom is 0.233 e. The summed E-state index contributed by atoms with van der Waals surface area (Å²) in [7, 11) is 0. The van der Waals surface area contributed by atoms with Crippen LogP contribution in [0.15, 0.2) is 90.1 Å². The number of rotatable bonds is 7. The lowest BCUT2D eigenvalue weighted by atomic mass is 10.1. The fraction of sp³-hybridized carbons (Fsp3) is 0.250. The van der Waals surface area contributed by atoms with E-state index >= 15 is 0 Å². The number of thioether (sulfide) groups is 1. The molecule has 7 heteroatoms. The van der Waals surface area contributed by atoms with Gasteiger partial charge in [0.15, 0.2) is 11.0 Å². The Kier molecular flexibility index (Phi) is 7.25. The molecule has 4 aromatic rings. The lowest BCUT2D eigenvalue weighted by molar-refractivity contribution is -0.130. The molecule has 1 fully saturated rings. The molecule has 1 amide bonds. The van der Waals surface area contributed by atoms with Crippen LogP contribution in [0.4, 0.5) is 0 Å². The van der Waals surface area contributed by atoms with Crippen molar-refractivity contribution >= 4 is 17.7 Å². The van der Waals surface area contributed by atoms with Gasteiger partial charge < -0.3 is 4.90 Å². The Labute approximate surface area is 210 Å². The van der Waals surface area contributed by atoms with Crippen molar-refractivity contribution in [3.05, 3.63) is 96.1 Å². The van der Waals surface area contributed by atoms with Gasteiger partial charge in [-0.1, -0.05) is 90.6 Å². The average Bonchev–Trinajstić information content (AvgIpc) is 3.33. The number of carbonyl (C=O) groups excluding carboxylic acids is 1. The van der Waals surface area contributed by atoms with Crippen LogP contribution >= 0.6 is 11.8 Å². The van der Waals surface area contributed by atoms with Gasteiger partial charge in [0.25, 0.3) is 0 Å². The minimum absolute atomic E-state index is 0.148. The molecule has 0 saturated carbocycles. The first kappa shape index (κ1) is 23.3. The number of para-hydroxylation sites is 1. The number of hydrogen-bond acceptors (Lipinski definition) is 5. The molecule has 0 atom stereocenters. The van der Waals surface area contributed by atoms with Gasteiger partial charge in [-0.25, -0.2) is 0 Å². The van der Waals surface area contributed by atoms with Crippen molar-refractivity contribution in [1.82, 2.24) is 24.6 Å². The molecule has 0 spiro atoms. The fourth-order valence-electron chi connectivity index (χ4n) is 4.38. The Morgan fingerprint density at radius 3 is 2.20 bits per heavy atom. The quantitative estimate of drug-likeness (QED) is 0.357. The highest BCUT2D eigenvalue weighted by molar-refractivity contribution is 7.99. The zero-order valence-corrected chi connectivity index (χ0v) is 20.7. The maximum absolute atomic E-state index is 13.1. The smallest absolute Gasteiger partial charge is 0.233 e. The topological polar surface area (TPSA) is 54.3 Å². The molecular weight excluding hydrogens is 454 g/mol. The second-order valence-electron chi connectivity index (χ2n) is 8.73. The predicted octanol–water partition coefficient (Wildman–Crippen LogP) is 4.68. The summed E-state index contributed by atoms with van der Waals surface area (Å²) in [4.78, 5) is 17.4. The Bertz CT molecular complexity index is 1270. The first-order valence-corrected chi connectivity index (χ1v) is 12.9. The van der Waals surface area contributed by atoms with Gasteiger partial charge in [-0.2, -0.15) is 0 Å². The van der Waals surface area contributed by atoms with Crippen molar-refractivity contribution in [3.8, 4) is 17.1 Å². The number of piperazine rings is 1. The van der Waals surface area contributed by atoms with Crippen molar-refractivity contribution < 1.29 is 4.79 Å². The number of amides is 1. The molecule has 1 saturated heterocycles. The molecule has 2 heterocycles. The zero-order valence-electron chi connectivity index (χ0n) is 19.9. The van der Waals surface area contributed by atoms with Gasteiger partial charge in [0, 0.05) is 38.3 Å². The lowest BCUT2D eigenvalue weighted by Crippen LogP contribution is -2.48. The van der Waals surface area contributed by atoms with Crippen LogP contribution in [0.25, 0.3) is 17.1 Å². The van der Waals surface area contributed by atoms with E-state index in [1.54, 1.807) is 0 Å². The SMILES string of the molecule is Cc1ccccc1-n1c(SCC(=O)N2CCN(Cc3ccccc3)CC2)nnc1-c1ccccc1. The Hall–Kier alpha value is -3.42. The van der Waals surface area contributed by atoms with E-state index in [1.165, 1.54) is 17.3 Å². The standard InChI is InChI=1S/C28H29N5OS/c1-22-10-8-9-15-25(22)33-27(24-13-6-3-7-14-24)29-30-28(33)35-21-26(34)32-18-16-31(17-19-32)20-23-11-4-2-5-12-23/h2-15H,16-21H2,1H3. The number of benzene rings is 3. The number of hydrogen-bond donors (Lipinski definition) is 0. The second kappa shape index (κ2) is 10.9. The third-order valence-electron chi connectivity index (χ3n) is 6.32.